The molecule has 0 spiro atoms. The van der Waals surface area contributed by atoms with Crippen LogP contribution in [-0.4, -0.2) is 88.3 Å². The number of rotatable bonds is 18. The first-order valence-electron chi connectivity index (χ1n) is 21.6. The summed E-state index contributed by atoms with van der Waals surface area (Å²) in [5.74, 6) is -1.19. The van der Waals surface area contributed by atoms with Gasteiger partial charge in [-0.05, 0) is 71.0 Å². The molecule has 0 aliphatic carbocycles. The van der Waals surface area contributed by atoms with Crippen LogP contribution in [0, 0.1) is 16.7 Å². The van der Waals surface area contributed by atoms with Gasteiger partial charge in [0.1, 0.15) is 0 Å². The van der Waals surface area contributed by atoms with Gasteiger partial charge in [0.2, 0.25) is 11.8 Å². The average Bonchev–Trinajstić information content (AvgIpc) is 3.60. The number of nitrogens with zero attached hydrogens (tertiary/aromatic N) is 3. The van der Waals surface area contributed by atoms with Crippen LogP contribution in [0.25, 0.3) is 22.2 Å². The number of ether oxygens (including phenoxy) is 1. The standard InChI is InChI=1S/C50H61N7O6/c1-49(2,3)45(42-30-53-47(61)57(42)31-36-23-25-52-40-18-11-10-16-38(36)40)46(60)56-41(27-33-14-8-7-9-15-33)43(58)28-37(55-44(59)29-50(4,5)32-54-48(62)63-6)26-34-19-21-35(22-20-34)39-17-12-13-24-51-39/h7-25,37,41-43,45,58H,26-32H2,1-6H3,(H,53,61)(H,54,62)(H,55,59)(H,56,60). The van der Waals surface area contributed by atoms with Crippen LogP contribution >= 0.6 is 0 Å². The molecule has 5 aromatic rings. The number of aliphatic hydroxyl groups is 1. The Hall–Kier alpha value is -6.34. The molecule has 3 aromatic carbocycles. The quantitative estimate of drug-likeness (QED) is 0.0638. The van der Waals surface area contributed by atoms with E-state index in [1.54, 1.807) is 17.3 Å². The zero-order chi connectivity index (χ0) is 45.1. The Kier molecular flexibility index (Phi) is 15.2. The highest BCUT2D eigenvalue weighted by Gasteiger charge is 2.46. The van der Waals surface area contributed by atoms with Gasteiger partial charge in [-0.2, -0.15) is 0 Å². The highest BCUT2D eigenvalue weighted by molar-refractivity contribution is 5.85. The Balaban J connectivity index is 1.26. The number of aromatic nitrogens is 2. The number of benzene rings is 3. The minimum absolute atomic E-state index is 0.0968. The summed E-state index contributed by atoms with van der Waals surface area (Å²) in [5.41, 5.74) is 4.21. The van der Waals surface area contributed by atoms with E-state index in [-0.39, 0.29) is 50.3 Å². The number of carbonyl (C=O) groups is 4. The number of hydrogen-bond acceptors (Lipinski definition) is 8. The van der Waals surface area contributed by atoms with Gasteiger partial charge in [0.25, 0.3) is 0 Å². The molecule has 5 unspecified atom stereocenters. The second-order valence-corrected chi connectivity index (χ2v) is 18.4. The topological polar surface area (TPSA) is 175 Å². The maximum absolute atomic E-state index is 14.9. The van der Waals surface area contributed by atoms with Crippen LogP contribution < -0.4 is 21.3 Å². The van der Waals surface area contributed by atoms with Gasteiger partial charge in [-0.15, -0.1) is 0 Å². The number of hydrogen-bond donors (Lipinski definition) is 5. The minimum atomic E-state index is -1.09. The molecule has 5 N–H and O–H groups in total. The lowest BCUT2D eigenvalue weighted by Crippen LogP contribution is -2.56. The maximum atomic E-state index is 14.9. The number of aliphatic hydroxyl groups excluding tert-OH is 1. The Bertz CT molecular complexity index is 2310. The van der Waals surface area contributed by atoms with Crippen LogP contribution in [0.1, 0.15) is 64.2 Å². The van der Waals surface area contributed by atoms with E-state index in [2.05, 4.69) is 31.2 Å². The molecule has 332 valence electrons. The largest absolute Gasteiger partial charge is 0.453 e. The molecule has 6 rings (SSSR count). The van der Waals surface area contributed by atoms with Gasteiger partial charge in [-0.25, -0.2) is 9.59 Å². The van der Waals surface area contributed by atoms with E-state index in [0.29, 0.717) is 12.8 Å². The Morgan fingerprint density at radius 1 is 0.841 bits per heavy atom. The number of urea groups is 1. The van der Waals surface area contributed by atoms with Gasteiger partial charge in [-0.1, -0.05) is 113 Å². The van der Waals surface area contributed by atoms with Crippen molar-refractivity contribution < 1.29 is 29.0 Å². The fourth-order valence-corrected chi connectivity index (χ4v) is 8.52. The van der Waals surface area contributed by atoms with Crippen molar-refractivity contribution in [1.29, 1.82) is 0 Å². The Morgan fingerprint density at radius 3 is 2.24 bits per heavy atom. The molecule has 3 heterocycles. The average molecular weight is 856 g/mol. The molecule has 63 heavy (non-hydrogen) atoms. The third-order valence-electron chi connectivity index (χ3n) is 11.7. The van der Waals surface area contributed by atoms with Crippen LogP contribution in [0.15, 0.2) is 116 Å². The lowest BCUT2D eigenvalue weighted by atomic mass is 9.75. The molecule has 0 bridgehead atoms. The molecule has 1 fully saturated rings. The molecule has 5 amide bonds. The van der Waals surface area contributed by atoms with Crippen molar-refractivity contribution in [1.82, 2.24) is 36.1 Å². The lowest BCUT2D eigenvalue weighted by molar-refractivity contribution is -0.132. The number of methoxy groups -OCH3 is 1. The van der Waals surface area contributed by atoms with E-state index in [1.165, 1.54) is 7.11 Å². The SMILES string of the molecule is COC(=O)NCC(C)(C)CC(=O)NC(Cc1ccc(-c2ccccn2)cc1)CC(O)C(Cc1ccccc1)NC(=O)C(C1CNC(=O)N1Cc1ccnc2ccccc12)C(C)(C)C. The highest BCUT2D eigenvalue weighted by atomic mass is 16.5. The van der Waals surface area contributed by atoms with Crippen LogP contribution in [0.5, 0.6) is 0 Å². The van der Waals surface area contributed by atoms with Crippen LogP contribution in [0.3, 0.4) is 0 Å². The predicted octanol–water partition coefficient (Wildman–Crippen LogP) is 6.83. The van der Waals surface area contributed by atoms with Crippen LogP contribution in [0.4, 0.5) is 9.59 Å². The number of pyridine rings is 2. The maximum Gasteiger partial charge on any atom is 0.406 e. The van der Waals surface area contributed by atoms with Crippen molar-refractivity contribution >= 4 is 34.8 Å². The summed E-state index contributed by atoms with van der Waals surface area (Å²) < 4.78 is 4.73. The first-order valence-corrected chi connectivity index (χ1v) is 21.6. The summed E-state index contributed by atoms with van der Waals surface area (Å²) in [4.78, 5) is 64.7. The first kappa shape index (κ1) is 46.2. The number of nitrogens with one attached hydrogen (secondary N) is 4. The van der Waals surface area contributed by atoms with Gasteiger partial charge in [0, 0.05) is 55.4 Å². The zero-order valence-corrected chi connectivity index (χ0v) is 37.1. The zero-order valence-electron chi connectivity index (χ0n) is 37.1. The van der Waals surface area contributed by atoms with E-state index in [1.807, 2.05) is 138 Å². The minimum Gasteiger partial charge on any atom is -0.453 e. The molecule has 1 aliphatic rings. The third-order valence-corrected chi connectivity index (χ3v) is 11.7. The lowest BCUT2D eigenvalue weighted by Gasteiger charge is -2.39. The van der Waals surface area contributed by atoms with Crippen molar-refractivity contribution in [2.45, 2.75) is 91.1 Å². The van der Waals surface area contributed by atoms with Crippen molar-refractivity contribution in [3.8, 4) is 11.3 Å². The smallest absolute Gasteiger partial charge is 0.406 e. The van der Waals surface area contributed by atoms with Gasteiger partial charge < -0.3 is 36.0 Å². The van der Waals surface area contributed by atoms with E-state index in [0.717, 1.165) is 38.9 Å². The monoisotopic (exact) mass is 855 g/mol. The normalized spacial score (nSPS) is 16.1. The molecular weight excluding hydrogens is 795 g/mol. The van der Waals surface area contributed by atoms with Crippen molar-refractivity contribution in [2.24, 2.45) is 16.7 Å². The fraction of sp³-hybridized carbons (Fsp3) is 0.400. The Morgan fingerprint density at radius 2 is 1.54 bits per heavy atom. The molecule has 2 aromatic heterocycles. The van der Waals surface area contributed by atoms with Crippen molar-refractivity contribution in [3.05, 3.63) is 132 Å². The number of amides is 5. The van der Waals surface area contributed by atoms with Crippen LogP contribution in [0.2, 0.25) is 0 Å². The van der Waals surface area contributed by atoms with E-state index in [9.17, 15) is 24.3 Å². The molecular formula is C50H61N7O6. The van der Waals surface area contributed by atoms with Gasteiger partial charge in [-0.3, -0.25) is 19.6 Å². The molecule has 13 heteroatoms. The predicted molar refractivity (Wildman–Crippen MR) is 244 cm³/mol. The second kappa shape index (κ2) is 20.7. The van der Waals surface area contributed by atoms with Gasteiger partial charge in [0.05, 0.1) is 42.4 Å². The molecule has 13 nitrogen and oxygen atoms in total. The third kappa shape index (κ3) is 12.6. The number of fused-ring (bicyclic) bond motifs is 1. The first-order chi connectivity index (χ1) is 30.1. The summed E-state index contributed by atoms with van der Waals surface area (Å²) in [6.07, 6.45) is 2.76. The van der Waals surface area contributed by atoms with E-state index >= 15 is 0 Å². The molecule has 1 saturated heterocycles. The van der Waals surface area contributed by atoms with Crippen molar-refractivity contribution in [3.63, 3.8) is 0 Å². The highest BCUT2D eigenvalue weighted by Crippen LogP contribution is 2.35. The number of para-hydroxylation sites is 1. The molecule has 0 radical (unpaired) electrons. The summed E-state index contributed by atoms with van der Waals surface area (Å²) in [6.45, 7) is 10.5. The number of alkyl carbamates (subject to hydrolysis) is 1. The summed E-state index contributed by atoms with van der Waals surface area (Å²) in [6, 6.07) is 31.1. The van der Waals surface area contributed by atoms with Gasteiger partial charge in [0.15, 0.2) is 0 Å². The van der Waals surface area contributed by atoms with Crippen LogP contribution in [-0.2, 0) is 33.7 Å². The van der Waals surface area contributed by atoms with Crippen molar-refractivity contribution in [2.75, 3.05) is 20.2 Å². The Labute approximate surface area is 370 Å². The molecule has 1 aliphatic heterocycles. The summed E-state index contributed by atoms with van der Waals surface area (Å²) >= 11 is 0. The molecule has 5 atom stereocenters. The summed E-state index contributed by atoms with van der Waals surface area (Å²) in [7, 11) is 1.29. The second-order valence-electron chi connectivity index (χ2n) is 18.4. The van der Waals surface area contributed by atoms with E-state index in [4.69, 9.17) is 4.74 Å². The van der Waals surface area contributed by atoms with E-state index < -0.39 is 47.1 Å². The summed E-state index contributed by atoms with van der Waals surface area (Å²) in [5, 5.41) is 25.4. The number of carbonyl (C=O) groups excluding carboxylic acids is 4. The molecule has 0 saturated carbocycles. The fourth-order valence-electron chi connectivity index (χ4n) is 8.52. The van der Waals surface area contributed by atoms with Gasteiger partial charge >= 0.3 is 12.1 Å².